The maximum Gasteiger partial charge on any atom is 0.162 e. The number of nitrogens with one attached hydrogen (secondary N) is 1. The Kier molecular flexibility index (Phi) is 1.62. The molecule has 2 aromatic heterocycles. The van der Waals surface area contributed by atoms with Gasteiger partial charge in [-0.05, 0) is 0 Å². The van der Waals surface area contributed by atoms with E-state index in [-0.39, 0.29) is 0 Å². The first-order valence-electron chi connectivity index (χ1n) is 3.34. The summed E-state index contributed by atoms with van der Waals surface area (Å²) in [5, 5.41) is 7.83. The molecule has 1 N–H and O–H groups in total. The van der Waals surface area contributed by atoms with Crippen LogP contribution in [0.3, 0.4) is 0 Å². The van der Waals surface area contributed by atoms with Gasteiger partial charge in [0.25, 0.3) is 0 Å². The van der Waals surface area contributed by atoms with E-state index >= 15 is 0 Å². The monoisotopic (exact) mass is 183 g/mol. The van der Waals surface area contributed by atoms with E-state index in [0.29, 0.717) is 10.9 Å². The van der Waals surface area contributed by atoms with Gasteiger partial charge < -0.3 is 4.74 Å². The Morgan fingerprint density at radius 3 is 3.08 bits per heavy atom. The van der Waals surface area contributed by atoms with Gasteiger partial charge >= 0.3 is 0 Å². The van der Waals surface area contributed by atoms with E-state index in [1.807, 2.05) is 0 Å². The van der Waals surface area contributed by atoms with Gasteiger partial charge in [-0.3, -0.25) is 5.10 Å². The van der Waals surface area contributed by atoms with Crippen molar-refractivity contribution in [1.82, 2.24) is 15.2 Å². The Bertz CT molecular complexity index is 412. The lowest BCUT2D eigenvalue weighted by molar-refractivity contribution is 0.417. The Labute approximate surface area is 73.5 Å². The summed E-state index contributed by atoms with van der Waals surface area (Å²) in [5.74, 6) is 0.645. The standard InChI is InChI=1S/C7H6ClN3O/c1-12-5-3-9-7(8)4-2-10-11-6(4)5/h2-3H,1H3,(H,10,11). The molecule has 0 spiro atoms. The molecule has 0 radical (unpaired) electrons. The Morgan fingerprint density at radius 2 is 2.33 bits per heavy atom. The molecule has 5 heteroatoms. The summed E-state index contributed by atoms with van der Waals surface area (Å²) in [7, 11) is 1.57. The number of aromatic amines is 1. The van der Waals surface area contributed by atoms with Crippen molar-refractivity contribution in [2.45, 2.75) is 0 Å². The summed E-state index contributed by atoms with van der Waals surface area (Å²) in [6.45, 7) is 0. The zero-order chi connectivity index (χ0) is 8.55. The largest absolute Gasteiger partial charge is 0.493 e. The van der Waals surface area contributed by atoms with Crippen LogP contribution in [0.5, 0.6) is 5.75 Å². The molecule has 2 rings (SSSR count). The number of rotatable bonds is 1. The number of ether oxygens (including phenoxy) is 1. The third-order valence-electron chi connectivity index (χ3n) is 1.62. The SMILES string of the molecule is COc1cnc(Cl)c2cn[nH]c12. The molecule has 0 bridgehead atoms. The van der Waals surface area contributed by atoms with E-state index in [2.05, 4.69) is 15.2 Å². The molecule has 0 saturated heterocycles. The zero-order valence-corrected chi connectivity index (χ0v) is 7.09. The summed E-state index contributed by atoms with van der Waals surface area (Å²) in [6, 6.07) is 0. The van der Waals surface area contributed by atoms with E-state index in [9.17, 15) is 0 Å². The van der Waals surface area contributed by atoms with Gasteiger partial charge in [-0.15, -0.1) is 0 Å². The molecule has 0 saturated carbocycles. The second-order valence-corrected chi connectivity index (χ2v) is 2.63. The zero-order valence-electron chi connectivity index (χ0n) is 6.34. The molecule has 0 fully saturated rings. The second-order valence-electron chi connectivity index (χ2n) is 2.28. The maximum absolute atomic E-state index is 5.80. The Balaban J connectivity index is 2.82. The first kappa shape index (κ1) is 7.36. The fourth-order valence-electron chi connectivity index (χ4n) is 1.03. The van der Waals surface area contributed by atoms with Gasteiger partial charge in [0.1, 0.15) is 10.7 Å². The third-order valence-corrected chi connectivity index (χ3v) is 1.92. The van der Waals surface area contributed by atoms with Gasteiger partial charge in [0, 0.05) is 0 Å². The molecule has 2 heterocycles. The smallest absolute Gasteiger partial charge is 0.162 e. The van der Waals surface area contributed by atoms with Crippen molar-refractivity contribution >= 4 is 22.5 Å². The minimum absolute atomic E-state index is 0.430. The Morgan fingerprint density at radius 1 is 1.50 bits per heavy atom. The fraction of sp³-hybridized carbons (Fsp3) is 0.143. The minimum atomic E-state index is 0.430. The van der Waals surface area contributed by atoms with Crippen molar-refractivity contribution < 1.29 is 4.74 Å². The molecule has 0 amide bonds. The van der Waals surface area contributed by atoms with Crippen LogP contribution < -0.4 is 4.74 Å². The number of H-pyrrole nitrogens is 1. The molecule has 62 valence electrons. The van der Waals surface area contributed by atoms with Crippen LogP contribution in [0.1, 0.15) is 0 Å². The number of hydrogen-bond acceptors (Lipinski definition) is 3. The number of methoxy groups -OCH3 is 1. The van der Waals surface area contributed by atoms with Crippen molar-refractivity contribution in [3.8, 4) is 5.75 Å². The number of hydrogen-bond donors (Lipinski definition) is 1. The van der Waals surface area contributed by atoms with Crippen LogP contribution in [-0.4, -0.2) is 22.3 Å². The highest BCUT2D eigenvalue weighted by Crippen LogP contribution is 2.26. The molecule has 0 unspecified atom stereocenters. The van der Waals surface area contributed by atoms with Crippen molar-refractivity contribution in [2.75, 3.05) is 7.11 Å². The highest BCUT2D eigenvalue weighted by Gasteiger charge is 2.06. The molecule has 0 atom stereocenters. The number of fused-ring (bicyclic) bond motifs is 1. The molecule has 0 aliphatic rings. The summed E-state index contributed by atoms with van der Waals surface area (Å²) < 4.78 is 5.05. The van der Waals surface area contributed by atoms with E-state index in [1.165, 1.54) is 0 Å². The third kappa shape index (κ3) is 0.921. The van der Waals surface area contributed by atoms with Gasteiger partial charge in [-0.2, -0.15) is 5.10 Å². The van der Waals surface area contributed by atoms with Crippen LogP contribution >= 0.6 is 11.6 Å². The number of nitrogens with zero attached hydrogens (tertiary/aromatic N) is 2. The average molecular weight is 184 g/mol. The normalized spacial score (nSPS) is 10.5. The van der Waals surface area contributed by atoms with Crippen LogP contribution in [0.4, 0.5) is 0 Å². The van der Waals surface area contributed by atoms with Crippen LogP contribution in [0.2, 0.25) is 5.15 Å². The lowest BCUT2D eigenvalue weighted by Gasteiger charge is -1.99. The predicted molar refractivity (Wildman–Crippen MR) is 45.5 cm³/mol. The average Bonchev–Trinajstić information content (AvgIpc) is 2.54. The van der Waals surface area contributed by atoms with E-state index in [1.54, 1.807) is 19.5 Å². The molecule has 0 aliphatic heterocycles. The van der Waals surface area contributed by atoms with Gasteiger partial charge in [0.2, 0.25) is 0 Å². The van der Waals surface area contributed by atoms with E-state index in [0.717, 1.165) is 10.9 Å². The van der Waals surface area contributed by atoms with Gasteiger partial charge in [-0.1, -0.05) is 11.6 Å². The second kappa shape index (κ2) is 2.64. The molecule has 4 nitrogen and oxygen atoms in total. The van der Waals surface area contributed by atoms with Crippen LogP contribution in [0.25, 0.3) is 10.9 Å². The molecule has 0 aliphatic carbocycles. The van der Waals surface area contributed by atoms with Crippen molar-refractivity contribution in [3.05, 3.63) is 17.5 Å². The molecular weight excluding hydrogens is 178 g/mol. The van der Waals surface area contributed by atoms with Crippen molar-refractivity contribution in [1.29, 1.82) is 0 Å². The molecular formula is C7H6ClN3O. The summed E-state index contributed by atoms with van der Waals surface area (Å²) in [6.07, 6.45) is 3.18. The van der Waals surface area contributed by atoms with Gasteiger partial charge in [-0.25, -0.2) is 4.98 Å². The minimum Gasteiger partial charge on any atom is -0.493 e. The lowest BCUT2D eigenvalue weighted by atomic mass is 10.3. The van der Waals surface area contributed by atoms with E-state index in [4.69, 9.17) is 16.3 Å². The first-order valence-corrected chi connectivity index (χ1v) is 3.72. The van der Waals surface area contributed by atoms with E-state index < -0.39 is 0 Å². The number of pyridine rings is 1. The molecule has 2 aromatic rings. The van der Waals surface area contributed by atoms with Crippen LogP contribution in [-0.2, 0) is 0 Å². The summed E-state index contributed by atoms with van der Waals surface area (Å²) in [5.41, 5.74) is 0.775. The molecule has 12 heavy (non-hydrogen) atoms. The van der Waals surface area contributed by atoms with Crippen LogP contribution in [0, 0.1) is 0 Å². The quantitative estimate of drug-likeness (QED) is 0.684. The highest BCUT2D eigenvalue weighted by molar-refractivity contribution is 6.34. The summed E-state index contributed by atoms with van der Waals surface area (Å²) in [4.78, 5) is 3.93. The van der Waals surface area contributed by atoms with Crippen molar-refractivity contribution in [3.63, 3.8) is 0 Å². The fourth-order valence-corrected chi connectivity index (χ4v) is 1.23. The number of aromatic nitrogens is 3. The lowest BCUT2D eigenvalue weighted by Crippen LogP contribution is -1.86. The summed E-state index contributed by atoms with van der Waals surface area (Å²) >= 11 is 5.80. The van der Waals surface area contributed by atoms with Gasteiger partial charge in [0.05, 0.1) is 24.9 Å². The topological polar surface area (TPSA) is 50.8 Å². The Hall–Kier alpha value is -1.29. The van der Waals surface area contributed by atoms with Gasteiger partial charge in [0.15, 0.2) is 5.75 Å². The first-order chi connectivity index (χ1) is 5.83. The van der Waals surface area contributed by atoms with Crippen LogP contribution in [0.15, 0.2) is 12.4 Å². The number of halogens is 1. The molecule has 0 aromatic carbocycles. The van der Waals surface area contributed by atoms with Crippen molar-refractivity contribution in [2.24, 2.45) is 0 Å². The highest BCUT2D eigenvalue weighted by atomic mass is 35.5. The predicted octanol–water partition coefficient (Wildman–Crippen LogP) is 1.62. The maximum atomic E-state index is 5.80.